The number of carboxylic acid groups (broad SMARTS) is 1. The fourth-order valence-corrected chi connectivity index (χ4v) is 2.46. The van der Waals surface area contributed by atoms with Crippen LogP contribution in [0.25, 0.3) is 0 Å². The molecule has 0 spiro atoms. The van der Waals surface area contributed by atoms with Gasteiger partial charge in [0.15, 0.2) is 0 Å². The van der Waals surface area contributed by atoms with Gasteiger partial charge in [0.25, 0.3) is 0 Å². The molecule has 0 saturated carbocycles. The largest absolute Gasteiger partial charge is 0.496 e. The van der Waals surface area contributed by atoms with Gasteiger partial charge in [-0.1, -0.05) is 6.92 Å². The van der Waals surface area contributed by atoms with Gasteiger partial charge >= 0.3 is 5.97 Å². The molecule has 1 rings (SSSR count). The molecule has 0 unspecified atom stereocenters. The number of aryl methyl sites for hydroxylation is 1. The molecule has 0 bridgehead atoms. The lowest BCUT2D eigenvalue weighted by Gasteiger charge is -2.10. The summed E-state index contributed by atoms with van der Waals surface area (Å²) in [5.74, 6) is -0.627. The Morgan fingerprint density at radius 3 is 2.61 bits per heavy atom. The van der Waals surface area contributed by atoms with E-state index in [4.69, 9.17) is 9.84 Å². The number of aliphatic carboxylic acids is 1. The molecule has 18 heavy (non-hydrogen) atoms. The fraction of sp³-hybridized carbons (Fsp3) is 0.364. The molecule has 2 N–H and O–H groups in total. The van der Waals surface area contributed by atoms with Gasteiger partial charge in [0.2, 0.25) is 10.0 Å². The molecule has 0 radical (unpaired) electrons. The summed E-state index contributed by atoms with van der Waals surface area (Å²) >= 11 is 0. The van der Waals surface area contributed by atoms with Crippen LogP contribution in [0.1, 0.15) is 12.5 Å². The SMILES string of the molecule is CCc1cc(S(=O)(=O)NCC(=O)O)ccc1OC. The highest BCUT2D eigenvalue weighted by Crippen LogP contribution is 2.22. The van der Waals surface area contributed by atoms with Crippen molar-refractivity contribution in [2.75, 3.05) is 13.7 Å². The lowest BCUT2D eigenvalue weighted by molar-refractivity contribution is -0.135. The van der Waals surface area contributed by atoms with Gasteiger partial charge < -0.3 is 9.84 Å². The highest BCUT2D eigenvalue weighted by molar-refractivity contribution is 7.89. The number of carbonyl (C=O) groups is 1. The summed E-state index contributed by atoms with van der Waals surface area (Å²) in [4.78, 5) is 10.4. The number of sulfonamides is 1. The maximum Gasteiger partial charge on any atom is 0.318 e. The van der Waals surface area contributed by atoms with Gasteiger partial charge in [-0.05, 0) is 30.2 Å². The van der Waals surface area contributed by atoms with Crippen LogP contribution in [0, 0.1) is 0 Å². The Kier molecular flexibility index (Phi) is 4.69. The molecule has 7 heteroatoms. The average Bonchev–Trinajstić information content (AvgIpc) is 2.35. The summed E-state index contributed by atoms with van der Waals surface area (Å²) in [7, 11) is -2.29. The van der Waals surface area contributed by atoms with E-state index in [0.717, 1.165) is 5.56 Å². The van der Waals surface area contributed by atoms with Crippen molar-refractivity contribution in [1.29, 1.82) is 0 Å². The van der Waals surface area contributed by atoms with Gasteiger partial charge in [0.1, 0.15) is 12.3 Å². The summed E-state index contributed by atoms with van der Waals surface area (Å²) in [5.41, 5.74) is 0.746. The quantitative estimate of drug-likeness (QED) is 0.792. The number of hydrogen-bond acceptors (Lipinski definition) is 4. The van der Waals surface area contributed by atoms with Crippen molar-refractivity contribution in [3.05, 3.63) is 23.8 Å². The number of carboxylic acids is 1. The molecule has 0 atom stereocenters. The minimum absolute atomic E-state index is 0.0291. The minimum atomic E-state index is -3.80. The predicted molar refractivity (Wildman–Crippen MR) is 65.2 cm³/mol. The van der Waals surface area contributed by atoms with E-state index in [1.165, 1.54) is 19.2 Å². The number of nitrogens with one attached hydrogen (secondary N) is 1. The Morgan fingerprint density at radius 1 is 1.44 bits per heavy atom. The first-order chi connectivity index (χ1) is 8.40. The zero-order valence-electron chi connectivity index (χ0n) is 10.1. The molecule has 0 amide bonds. The van der Waals surface area contributed by atoms with Crippen molar-refractivity contribution in [2.24, 2.45) is 0 Å². The molecular weight excluding hydrogens is 258 g/mol. The normalized spacial score (nSPS) is 11.2. The van der Waals surface area contributed by atoms with Crippen LogP contribution in [0.2, 0.25) is 0 Å². The summed E-state index contributed by atoms with van der Waals surface area (Å²) in [6.45, 7) is 1.23. The molecule has 100 valence electrons. The second-order valence-corrected chi connectivity index (χ2v) is 5.31. The van der Waals surface area contributed by atoms with Gasteiger partial charge in [0, 0.05) is 0 Å². The van der Waals surface area contributed by atoms with Crippen molar-refractivity contribution in [1.82, 2.24) is 4.72 Å². The summed E-state index contributed by atoms with van der Waals surface area (Å²) in [6.07, 6.45) is 0.617. The molecule has 1 aromatic carbocycles. The third-order valence-corrected chi connectivity index (χ3v) is 3.76. The standard InChI is InChI=1S/C11H15NO5S/c1-3-8-6-9(4-5-10(8)17-2)18(15,16)12-7-11(13)14/h4-6,12H,3,7H2,1-2H3,(H,13,14). The summed E-state index contributed by atoms with van der Waals surface area (Å²) in [5, 5.41) is 8.46. The number of rotatable bonds is 6. The van der Waals surface area contributed by atoms with E-state index in [0.29, 0.717) is 12.2 Å². The van der Waals surface area contributed by atoms with Crippen molar-refractivity contribution >= 4 is 16.0 Å². The number of ether oxygens (including phenoxy) is 1. The minimum Gasteiger partial charge on any atom is -0.496 e. The molecular formula is C11H15NO5S. The van der Waals surface area contributed by atoms with Crippen LogP contribution >= 0.6 is 0 Å². The summed E-state index contributed by atoms with van der Waals surface area (Å²) in [6, 6.07) is 4.40. The third-order valence-electron chi connectivity index (χ3n) is 2.36. The predicted octanol–water partition coefficient (Wildman–Crippen LogP) is 0.621. The van der Waals surface area contributed by atoms with Crippen LogP contribution in [0.15, 0.2) is 23.1 Å². The van der Waals surface area contributed by atoms with Crippen LogP contribution < -0.4 is 9.46 Å². The van der Waals surface area contributed by atoms with E-state index < -0.39 is 22.5 Å². The highest BCUT2D eigenvalue weighted by Gasteiger charge is 2.16. The van der Waals surface area contributed by atoms with E-state index >= 15 is 0 Å². The number of benzene rings is 1. The Morgan fingerprint density at radius 2 is 2.11 bits per heavy atom. The van der Waals surface area contributed by atoms with Crippen molar-refractivity contribution in [2.45, 2.75) is 18.2 Å². The Hall–Kier alpha value is -1.60. The number of methoxy groups -OCH3 is 1. The Balaban J connectivity index is 3.06. The molecule has 0 fully saturated rings. The highest BCUT2D eigenvalue weighted by atomic mass is 32.2. The van der Waals surface area contributed by atoms with E-state index in [-0.39, 0.29) is 4.90 Å². The van der Waals surface area contributed by atoms with Crippen molar-refractivity contribution < 1.29 is 23.1 Å². The molecule has 0 aliphatic rings. The topological polar surface area (TPSA) is 92.7 Å². The van der Waals surface area contributed by atoms with E-state index in [2.05, 4.69) is 0 Å². The van der Waals surface area contributed by atoms with Gasteiger partial charge in [-0.3, -0.25) is 4.79 Å². The van der Waals surface area contributed by atoms with E-state index in [1.54, 1.807) is 6.07 Å². The Bertz CT molecular complexity index is 538. The van der Waals surface area contributed by atoms with Crippen LogP contribution in [-0.2, 0) is 21.2 Å². The second-order valence-electron chi connectivity index (χ2n) is 3.55. The van der Waals surface area contributed by atoms with Crippen molar-refractivity contribution in [3.8, 4) is 5.75 Å². The first-order valence-electron chi connectivity index (χ1n) is 5.29. The number of hydrogen-bond donors (Lipinski definition) is 2. The molecule has 0 aliphatic carbocycles. The van der Waals surface area contributed by atoms with Crippen LogP contribution in [0.5, 0.6) is 5.75 Å². The zero-order chi connectivity index (χ0) is 13.8. The zero-order valence-corrected chi connectivity index (χ0v) is 11.0. The van der Waals surface area contributed by atoms with Crippen LogP contribution in [-0.4, -0.2) is 33.1 Å². The monoisotopic (exact) mass is 273 g/mol. The maximum absolute atomic E-state index is 11.8. The molecule has 0 saturated heterocycles. The molecule has 6 nitrogen and oxygen atoms in total. The van der Waals surface area contributed by atoms with E-state index in [1.807, 2.05) is 11.6 Å². The van der Waals surface area contributed by atoms with Crippen LogP contribution in [0.3, 0.4) is 0 Å². The van der Waals surface area contributed by atoms with Gasteiger partial charge in [-0.2, -0.15) is 4.72 Å². The molecule has 0 aromatic heterocycles. The van der Waals surface area contributed by atoms with E-state index in [9.17, 15) is 13.2 Å². The smallest absolute Gasteiger partial charge is 0.318 e. The molecule has 0 aliphatic heterocycles. The lowest BCUT2D eigenvalue weighted by Crippen LogP contribution is -2.29. The molecule has 0 heterocycles. The van der Waals surface area contributed by atoms with Gasteiger partial charge in [-0.25, -0.2) is 8.42 Å². The second kappa shape index (κ2) is 5.83. The Labute approximate surface area is 106 Å². The van der Waals surface area contributed by atoms with Crippen molar-refractivity contribution in [3.63, 3.8) is 0 Å². The molecule has 1 aromatic rings. The maximum atomic E-state index is 11.8. The van der Waals surface area contributed by atoms with Gasteiger partial charge in [0.05, 0.1) is 12.0 Å². The van der Waals surface area contributed by atoms with Gasteiger partial charge in [-0.15, -0.1) is 0 Å². The van der Waals surface area contributed by atoms with Crippen LogP contribution in [0.4, 0.5) is 0 Å². The fourth-order valence-electron chi connectivity index (χ4n) is 1.44. The first-order valence-corrected chi connectivity index (χ1v) is 6.77. The summed E-state index contributed by atoms with van der Waals surface area (Å²) < 4.78 is 30.7. The lowest BCUT2D eigenvalue weighted by atomic mass is 10.1. The first kappa shape index (κ1) is 14.5. The average molecular weight is 273 g/mol. The third kappa shape index (κ3) is 3.44.